The van der Waals surface area contributed by atoms with Gasteiger partial charge in [0.2, 0.25) is 0 Å². The number of carbonyl (C=O) groups is 3. The summed E-state index contributed by atoms with van der Waals surface area (Å²) in [4.78, 5) is 31.9. The van der Waals surface area contributed by atoms with Crippen molar-refractivity contribution in [2.75, 3.05) is 0 Å². The Kier molecular flexibility index (Phi) is 4.30. The van der Waals surface area contributed by atoms with Crippen molar-refractivity contribution in [2.45, 2.75) is 6.17 Å². The lowest BCUT2D eigenvalue weighted by atomic mass is 10.4. The Morgan fingerprint density at radius 3 is 1.64 bits per heavy atom. The van der Waals surface area contributed by atoms with Crippen LogP contribution in [0.1, 0.15) is 0 Å². The SMILES string of the molecule is C#CC(=O)NC(NC(=O)C#C)C(N)=O. The molecule has 0 aromatic heterocycles. The molecule has 0 aliphatic carbocycles. The van der Waals surface area contributed by atoms with Crippen molar-refractivity contribution < 1.29 is 14.4 Å². The van der Waals surface area contributed by atoms with Crippen molar-refractivity contribution in [1.82, 2.24) is 10.6 Å². The van der Waals surface area contributed by atoms with Crippen LogP contribution in [0, 0.1) is 24.7 Å². The molecule has 4 N–H and O–H groups in total. The Balaban J connectivity index is 4.42. The fourth-order valence-electron chi connectivity index (χ4n) is 0.524. The van der Waals surface area contributed by atoms with E-state index in [0.717, 1.165) is 0 Å². The summed E-state index contributed by atoms with van der Waals surface area (Å²) in [6.07, 6.45) is 8.03. The third kappa shape index (κ3) is 3.79. The predicted octanol–water partition coefficient (Wildman–Crippen LogP) is -2.70. The molecule has 6 nitrogen and oxygen atoms in total. The van der Waals surface area contributed by atoms with Gasteiger partial charge in [0.1, 0.15) is 0 Å². The molecule has 6 heteroatoms. The minimum Gasteiger partial charge on any atom is -0.366 e. The van der Waals surface area contributed by atoms with Crippen LogP contribution in [0.4, 0.5) is 0 Å². The quantitative estimate of drug-likeness (QED) is 0.335. The molecule has 0 radical (unpaired) electrons. The van der Waals surface area contributed by atoms with Gasteiger partial charge in [-0.15, -0.1) is 12.8 Å². The summed E-state index contributed by atoms with van der Waals surface area (Å²) in [5, 5.41) is 3.91. The second kappa shape index (κ2) is 5.22. The van der Waals surface area contributed by atoms with Gasteiger partial charge in [-0.2, -0.15) is 0 Å². The van der Waals surface area contributed by atoms with Gasteiger partial charge in [-0.25, -0.2) is 0 Å². The maximum atomic E-state index is 10.7. The minimum atomic E-state index is -1.40. The first-order valence-corrected chi connectivity index (χ1v) is 3.34. The molecule has 0 saturated carbocycles. The first-order chi connectivity index (χ1) is 6.51. The largest absolute Gasteiger partial charge is 0.366 e. The third-order valence-corrected chi connectivity index (χ3v) is 1.10. The Labute approximate surface area is 80.2 Å². The molecule has 0 saturated heterocycles. The van der Waals surface area contributed by atoms with E-state index in [2.05, 4.69) is 0 Å². The summed E-state index contributed by atoms with van der Waals surface area (Å²) in [6.45, 7) is 0. The lowest BCUT2D eigenvalue weighted by Crippen LogP contribution is -2.54. The summed E-state index contributed by atoms with van der Waals surface area (Å²) in [5.74, 6) is 0.620. The van der Waals surface area contributed by atoms with E-state index in [-0.39, 0.29) is 0 Å². The number of terminal acetylenes is 2. The smallest absolute Gasteiger partial charge is 0.297 e. The van der Waals surface area contributed by atoms with Gasteiger partial charge < -0.3 is 16.4 Å². The first kappa shape index (κ1) is 11.5. The maximum Gasteiger partial charge on any atom is 0.297 e. The third-order valence-electron chi connectivity index (χ3n) is 1.10. The molecule has 0 aromatic rings. The van der Waals surface area contributed by atoms with Crippen molar-refractivity contribution in [1.29, 1.82) is 0 Å². The topological polar surface area (TPSA) is 101 Å². The van der Waals surface area contributed by atoms with E-state index in [1.54, 1.807) is 11.8 Å². The fourth-order valence-corrected chi connectivity index (χ4v) is 0.524. The van der Waals surface area contributed by atoms with Gasteiger partial charge in [0, 0.05) is 0 Å². The number of hydrogen-bond acceptors (Lipinski definition) is 3. The minimum absolute atomic E-state index is 0.883. The van der Waals surface area contributed by atoms with Crippen LogP contribution in [0.3, 0.4) is 0 Å². The van der Waals surface area contributed by atoms with Crippen molar-refractivity contribution in [3.05, 3.63) is 0 Å². The molecule has 0 aliphatic heterocycles. The monoisotopic (exact) mass is 193 g/mol. The van der Waals surface area contributed by atoms with Crippen LogP contribution in [0.25, 0.3) is 0 Å². The summed E-state index contributed by atoms with van der Waals surface area (Å²) < 4.78 is 0. The Morgan fingerprint density at radius 2 is 1.43 bits per heavy atom. The maximum absolute atomic E-state index is 10.7. The first-order valence-electron chi connectivity index (χ1n) is 3.34. The number of hydrogen-bond donors (Lipinski definition) is 3. The highest BCUT2D eigenvalue weighted by Crippen LogP contribution is 1.77. The summed E-state index contributed by atoms with van der Waals surface area (Å²) in [7, 11) is 0. The molecule has 0 spiro atoms. The van der Waals surface area contributed by atoms with E-state index in [0.29, 0.717) is 0 Å². The molecule has 0 bridgehead atoms. The highest BCUT2D eigenvalue weighted by Gasteiger charge is 2.18. The number of nitrogens with one attached hydrogen (secondary N) is 2. The predicted molar refractivity (Wildman–Crippen MR) is 46.9 cm³/mol. The zero-order valence-electron chi connectivity index (χ0n) is 7.03. The molecule has 0 aromatic carbocycles. The average molecular weight is 193 g/mol. The van der Waals surface area contributed by atoms with Crippen LogP contribution in [0.15, 0.2) is 0 Å². The van der Waals surface area contributed by atoms with Gasteiger partial charge in [-0.3, -0.25) is 14.4 Å². The van der Waals surface area contributed by atoms with Crippen LogP contribution in [0.2, 0.25) is 0 Å². The van der Waals surface area contributed by atoms with E-state index < -0.39 is 23.9 Å². The summed E-state index contributed by atoms with van der Waals surface area (Å²) in [5.41, 5.74) is 4.84. The second-order valence-electron chi connectivity index (χ2n) is 2.07. The van der Waals surface area contributed by atoms with Crippen LogP contribution < -0.4 is 16.4 Å². The van der Waals surface area contributed by atoms with Crippen LogP contribution in [0.5, 0.6) is 0 Å². The van der Waals surface area contributed by atoms with Crippen molar-refractivity contribution in [2.24, 2.45) is 5.73 Å². The molecule has 0 aliphatic rings. The standard InChI is InChI=1S/C8H7N3O3/c1-3-5(12)10-8(7(9)14)11-6(13)4-2/h1-2,8H,(H2,9,14)(H,10,12)(H,11,13). The molecule has 0 atom stereocenters. The molecular formula is C8H7N3O3. The van der Waals surface area contributed by atoms with Crippen LogP contribution in [-0.2, 0) is 14.4 Å². The van der Waals surface area contributed by atoms with Crippen molar-refractivity contribution in [3.8, 4) is 24.7 Å². The van der Waals surface area contributed by atoms with Gasteiger partial charge in [-0.1, -0.05) is 0 Å². The molecule has 0 rings (SSSR count). The molecule has 0 heterocycles. The van der Waals surface area contributed by atoms with Gasteiger partial charge in [0.05, 0.1) is 0 Å². The van der Waals surface area contributed by atoms with E-state index in [1.807, 2.05) is 10.6 Å². The Bertz CT molecular complexity index is 320. The Hall–Kier alpha value is -2.47. The van der Waals surface area contributed by atoms with E-state index in [9.17, 15) is 14.4 Å². The molecule has 3 amide bonds. The van der Waals surface area contributed by atoms with Gasteiger partial charge >= 0.3 is 0 Å². The zero-order valence-corrected chi connectivity index (χ0v) is 7.03. The van der Waals surface area contributed by atoms with E-state index in [1.165, 1.54) is 0 Å². The highest BCUT2D eigenvalue weighted by atomic mass is 16.2. The van der Waals surface area contributed by atoms with E-state index >= 15 is 0 Å². The average Bonchev–Trinajstić information content (AvgIpc) is 2.16. The zero-order chi connectivity index (χ0) is 11.1. The molecular weight excluding hydrogens is 186 g/mol. The number of primary amides is 1. The van der Waals surface area contributed by atoms with Crippen molar-refractivity contribution >= 4 is 17.7 Å². The van der Waals surface area contributed by atoms with Gasteiger partial charge in [0.25, 0.3) is 17.7 Å². The van der Waals surface area contributed by atoms with Crippen molar-refractivity contribution in [3.63, 3.8) is 0 Å². The summed E-state index contributed by atoms with van der Waals surface area (Å²) in [6, 6.07) is 0. The fraction of sp³-hybridized carbons (Fsp3) is 0.125. The highest BCUT2D eigenvalue weighted by molar-refractivity contribution is 5.99. The molecule has 0 unspecified atom stereocenters. The number of carbonyl (C=O) groups excluding carboxylic acids is 3. The van der Waals surface area contributed by atoms with Crippen LogP contribution >= 0.6 is 0 Å². The second-order valence-corrected chi connectivity index (χ2v) is 2.07. The number of rotatable bonds is 3. The van der Waals surface area contributed by atoms with Crippen LogP contribution in [-0.4, -0.2) is 23.9 Å². The summed E-state index contributed by atoms with van der Waals surface area (Å²) >= 11 is 0. The molecule has 14 heavy (non-hydrogen) atoms. The Morgan fingerprint density at radius 1 is 1.07 bits per heavy atom. The van der Waals surface area contributed by atoms with Gasteiger partial charge in [0.15, 0.2) is 6.17 Å². The molecule has 72 valence electrons. The normalized spacial score (nSPS) is 8.21. The van der Waals surface area contributed by atoms with Gasteiger partial charge in [-0.05, 0) is 11.8 Å². The lowest BCUT2D eigenvalue weighted by molar-refractivity contribution is -0.128. The number of nitrogens with two attached hydrogens (primary N) is 1. The molecule has 0 fully saturated rings. The van der Waals surface area contributed by atoms with E-state index in [4.69, 9.17) is 18.6 Å². The number of amides is 3. The lowest BCUT2D eigenvalue weighted by Gasteiger charge is -2.13.